The number of hydrogen-bond acceptors (Lipinski definition) is 7. The molecule has 8 nitrogen and oxygen atoms in total. The van der Waals surface area contributed by atoms with Crippen LogP contribution in [-0.4, -0.2) is 49.7 Å². The number of ether oxygens (including phenoxy) is 2. The summed E-state index contributed by atoms with van der Waals surface area (Å²) in [6.45, 7) is 4.09. The van der Waals surface area contributed by atoms with E-state index in [4.69, 9.17) is 9.47 Å². The molecule has 0 unspecified atom stereocenters. The molecule has 0 bridgehead atoms. The third-order valence-electron chi connectivity index (χ3n) is 3.75. The lowest BCUT2D eigenvalue weighted by Crippen LogP contribution is -2.43. The first-order valence-electron chi connectivity index (χ1n) is 8.30. The summed E-state index contributed by atoms with van der Waals surface area (Å²) in [4.78, 5) is 31.0. The lowest BCUT2D eigenvalue weighted by Gasteiger charge is -2.25. The van der Waals surface area contributed by atoms with Gasteiger partial charge in [-0.15, -0.1) is 0 Å². The number of nitrogens with one attached hydrogen (secondary N) is 2. The quantitative estimate of drug-likeness (QED) is 0.742. The number of hydrazine groups is 1. The highest BCUT2D eigenvalue weighted by Gasteiger charge is 2.20. The highest BCUT2D eigenvalue weighted by molar-refractivity contribution is 7.17. The van der Waals surface area contributed by atoms with Crippen LogP contribution in [0.25, 0.3) is 0 Å². The Labute approximate surface area is 159 Å². The Balaban J connectivity index is 1.50. The minimum absolute atomic E-state index is 0.227. The summed E-state index contributed by atoms with van der Waals surface area (Å²) in [6, 6.07) is 5.45. The first-order chi connectivity index (χ1) is 13.0. The molecule has 0 saturated carbocycles. The molecule has 1 aliphatic heterocycles. The number of anilines is 1. The van der Waals surface area contributed by atoms with Crippen LogP contribution in [0.3, 0.4) is 0 Å². The van der Waals surface area contributed by atoms with Crippen molar-refractivity contribution in [3.05, 3.63) is 40.7 Å². The number of aryl methyl sites for hydroxylation is 1. The number of nitrogens with zero attached hydrogens (tertiary/aromatic N) is 2. The second-order valence-corrected chi connectivity index (χ2v) is 6.74. The second kappa shape index (κ2) is 8.78. The summed E-state index contributed by atoms with van der Waals surface area (Å²) in [5.74, 6) is -1.25. The molecule has 1 fully saturated rings. The normalized spacial score (nSPS) is 13.9. The van der Waals surface area contributed by atoms with Crippen LogP contribution in [-0.2, 0) is 9.53 Å². The fraction of sp³-hybridized carbons (Fsp3) is 0.353. The van der Waals surface area contributed by atoms with Crippen molar-refractivity contribution >= 4 is 28.3 Å². The molecule has 1 aromatic heterocycles. The highest BCUT2D eigenvalue weighted by Crippen LogP contribution is 2.26. The molecule has 10 heteroatoms. The summed E-state index contributed by atoms with van der Waals surface area (Å²) in [5.41, 5.74) is 5.20. The minimum atomic E-state index is -0.566. The first-order valence-corrected chi connectivity index (χ1v) is 9.12. The second-order valence-electron chi connectivity index (χ2n) is 5.76. The van der Waals surface area contributed by atoms with E-state index < -0.39 is 17.6 Å². The molecule has 2 heterocycles. The average Bonchev–Trinajstić information content (AvgIpc) is 3.07. The van der Waals surface area contributed by atoms with E-state index in [1.807, 2.05) is 0 Å². The third-order valence-corrected chi connectivity index (χ3v) is 4.97. The van der Waals surface area contributed by atoms with Crippen molar-refractivity contribution in [2.75, 3.05) is 37.8 Å². The summed E-state index contributed by atoms with van der Waals surface area (Å²) < 4.78 is 23.5. The van der Waals surface area contributed by atoms with E-state index >= 15 is 0 Å². The topological polar surface area (TPSA) is 92.8 Å². The van der Waals surface area contributed by atoms with Gasteiger partial charge in [-0.2, -0.15) is 0 Å². The minimum Gasteiger partial charge on any atom is -0.484 e. The fourth-order valence-electron chi connectivity index (χ4n) is 2.41. The Morgan fingerprint density at radius 3 is 2.85 bits per heavy atom. The third kappa shape index (κ3) is 5.14. The van der Waals surface area contributed by atoms with Crippen LogP contribution in [0.2, 0.25) is 0 Å². The number of benzene rings is 1. The Hall–Kier alpha value is -2.72. The molecule has 1 aromatic carbocycles. The Kier molecular flexibility index (Phi) is 6.20. The van der Waals surface area contributed by atoms with Gasteiger partial charge in [0.2, 0.25) is 0 Å². The molecule has 2 N–H and O–H groups in total. The zero-order valence-electron chi connectivity index (χ0n) is 14.7. The van der Waals surface area contributed by atoms with Crippen LogP contribution >= 0.6 is 11.3 Å². The molecule has 2 aromatic rings. The number of rotatable bonds is 5. The van der Waals surface area contributed by atoms with Crippen molar-refractivity contribution in [2.24, 2.45) is 0 Å². The molecular weight excluding hydrogens is 375 g/mol. The van der Waals surface area contributed by atoms with Gasteiger partial charge in [-0.05, 0) is 19.1 Å². The summed E-state index contributed by atoms with van der Waals surface area (Å²) in [7, 11) is 0. The number of amides is 2. The van der Waals surface area contributed by atoms with Gasteiger partial charge in [-0.3, -0.25) is 20.4 Å². The monoisotopic (exact) mass is 394 g/mol. The summed E-state index contributed by atoms with van der Waals surface area (Å²) >= 11 is 1.26. The van der Waals surface area contributed by atoms with Crippen LogP contribution in [0.5, 0.6) is 5.75 Å². The molecular formula is C17H19FN4O4S. The maximum absolute atomic E-state index is 13.1. The van der Waals surface area contributed by atoms with E-state index in [0.29, 0.717) is 23.8 Å². The first kappa shape index (κ1) is 19.1. The van der Waals surface area contributed by atoms with Crippen LogP contribution in [0.15, 0.2) is 24.3 Å². The predicted molar refractivity (Wildman–Crippen MR) is 97.4 cm³/mol. The van der Waals surface area contributed by atoms with Crippen molar-refractivity contribution in [3.8, 4) is 5.75 Å². The molecule has 3 rings (SSSR count). The van der Waals surface area contributed by atoms with Crippen LogP contribution < -0.4 is 20.5 Å². The van der Waals surface area contributed by atoms with Crippen molar-refractivity contribution < 1.29 is 23.5 Å². The van der Waals surface area contributed by atoms with E-state index in [2.05, 4.69) is 20.7 Å². The number of halogens is 1. The predicted octanol–water partition coefficient (Wildman–Crippen LogP) is 1.27. The molecule has 0 radical (unpaired) electrons. The smallest absolute Gasteiger partial charge is 0.281 e. The van der Waals surface area contributed by atoms with Crippen LogP contribution in [0.4, 0.5) is 9.52 Å². The number of thiazole rings is 1. The van der Waals surface area contributed by atoms with Gasteiger partial charge < -0.3 is 14.4 Å². The zero-order valence-corrected chi connectivity index (χ0v) is 15.5. The van der Waals surface area contributed by atoms with Crippen molar-refractivity contribution in [1.29, 1.82) is 0 Å². The largest absolute Gasteiger partial charge is 0.484 e. The van der Waals surface area contributed by atoms with E-state index in [-0.39, 0.29) is 12.4 Å². The number of aromatic nitrogens is 1. The maximum atomic E-state index is 13.1. The lowest BCUT2D eigenvalue weighted by molar-refractivity contribution is -0.123. The van der Waals surface area contributed by atoms with Crippen molar-refractivity contribution in [2.45, 2.75) is 6.92 Å². The molecule has 144 valence electrons. The lowest BCUT2D eigenvalue weighted by atomic mass is 10.3. The highest BCUT2D eigenvalue weighted by atomic mass is 32.1. The molecule has 27 heavy (non-hydrogen) atoms. The van der Waals surface area contributed by atoms with Gasteiger partial charge in [0.1, 0.15) is 16.4 Å². The SMILES string of the molecule is Cc1nc(N2CCOCC2)sc1C(=O)NNC(=O)COc1cccc(F)c1. The van der Waals surface area contributed by atoms with Gasteiger partial charge in [0, 0.05) is 19.2 Å². The Morgan fingerprint density at radius 2 is 2.11 bits per heavy atom. The molecule has 0 spiro atoms. The zero-order chi connectivity index (χ0) is 19.2. The Morgan fingerprint density at radius 1 is 1.33 bits per heavy atom. The summed E-state index contributed by atoms with van der Waals surface area (Å²) in [6.07, 6.45) is 0. The molecule has 1 aliphatic rings. The van der Waals surface area contributed by atoms with E-state index in [1.165, 1.54) is 35.6 Å². The van der Waals surface area contributed by atoms with E-state index in [0.717, 1.165) is 18.2 Å². The van der Waals surface area contributed by atoms with Crippen molar-refractivity contribution in [3.63, 3.8) is 0 Å². The Bertz CT molecular complexity index is 823. The summed E-state index contributed by atoms with van der Waals surface area (Å²) in [5, 5.41) is 0.752. The fourth-order valence-corrected chi connectivity index (χ4v) is 3.42. The average molecular weight is 394 g/mol. The molecule has 1 saturated heterocycles. The van der Waals surface area contributed by atoms with Gasteiger partial charge in [0.05, 0.1) is 18.9 Å². The van der Waals surface area contributed by atoms with E-state index in [1.54, 1.807) is 6.92 Å². The standard InChI is InChI=1S/C17H19FN4O4S/c1-11-15(27-17(19-11)22-5-7-25-8-6-22)16(24)21-20-14(23)10-26-13-4-2-3-12(18)9-13/h2-4,9H,5-8,10H2,1H3,(H,20,23)(H,21,24). The van der Waals surface area contributed by atoms with Gasteiger partial charge in [-0.25, -0.2) is 9.37 Å². The number of morpholine rings is 1. The number of hydrogen-bond donors (Lipinski definition) is 2. The van der Waals surface area contributed by atoms with Gasteiger partial charge in [0.25, 0.3) is 11.8 Å². The maximum Gasteiger partial charge on any atom is 0.281 e. The van der Waals surface area contributed by atoms with E-state index in [9.17, 15) is 14.0 Å². The molecule has 0 aliphatic carbocycles. The van der Waals surface area contributed by atoms with Gasteiger partial charge in [-0.1, -0.05) is 17.4 Å². The molecule has 0 atom stereocenters. The van der Waals surface area contributed by atoms with Crippen LogP contribution in [0.1, 0.15) is 15.4 Å². The number of carbonyl (C=O) groups is 2. The van der Waals surface area contributed by atoms with Crippen molar-refractivity contribution in [1.82, 2.24) is 15.8 Å². The van der Waals surface area contributed by atoms with Gasteiger partial charge in [0.15, 0.2) is 11.7 Å². The van der Waals surface area contributed by atoms with Crippen LogP contribution in [0, 0.1) is 12.7 Å². The molecule has 2 amide bonds. The van der Waals surface area contributed by atoms with Gasteiger partial charge >= 0.3 is 0 Å². The number of carbonyl (C=O) groups excluding carboxylic acids is 2.